The Bertz CT molecular complexity index is 1000. The van der Waals surface area contributed by atoms with Crippen molar-refractivity contribution in [3.63, 3.8) is 0 Å². The first kappa shape index (κ1) is 22.4. The Morgan fingerprint density at radius 1 is 1.17 bits per heavy atom. The van der Waals surface area contributed by atoms with E-state index < -0.39 is 18.2 Å². The minimum atomic E-state index is -4.77. The van der Waals surface area contributed by atoms with Crippen LogP contribution in [0.5, 0.6) is 0 Å². The van der Waals surface area contributed by atoms with Gasteiger partial charge in [-0.2, -0.15) is 13.2 Å². The topological polar surface area (TPSA) is 50.7 Å². The molecule has 1 N–H and O–H groups in total. The first-order valence-electron chi connectivity index (χ1n) is 9.13. The molecule has 2 aromatic carbocycles. The highest BCUT2D eigenvalue weighted by atomic mass is 35.5. The molecule has 3 rings (SSSR count). The summed E-state index contributed by atoms with van der Waals surface area (Å²) in [7, 11) is 0. The van der Waals surface area contributed by atoms with Crippen LogP contribution in [0.25, 0.3) is 0 Å². The number of nitrogens with one attached hydrogen (secondary N) is 1. The SMILES string of the molecule is Cc1ccc(C2=NOC(c3cc(Cl)cc(Cl)c3)(C(F)(F)F)C2)cc1NC(=O)C(C)C. The summed E-state index contributed by atoms with van der Waals surface area (Å²) in [6.45, 7) is 5.29. The van der Waals surface area contributed by atoms with Crippen LogP contribution in [-0.2, 0) is 15.2 Å². The van der Waals surface area contributed by atoms with Gasteiger partial charge in [0, 0.05) is 39.2 Å². The molecule has 0 aromatic heterocycles. The summed E-state index contributed by atoms with van der Waals surface area (Å²) in [5.41, 5.74) is -1.14. The van der Waals surface area contributed by atoms with Gasteiger partial charge < -0.3 is 10.2 Å². The monoisotopic (exact) mass is 458 g/mol. The van der Waals surface area contributed by atoms with E-state index in [0.717, 1.165) is 5.56 Å². The number of rotatable bonds is 4. The first-order chi connectivity index (χ1) is 13.9. The van der Waals surface area contributed by atoms with Gasteiger partial charge >= 0.3 is 6.18 Å². The average molecular weight is 459 g/mol. The summed E-state index contributed by atoms with van der Waals surface area (Å²) in [6.07, 6.45) is -5.33. The van der Waals surface area contributed by atoms with E-state index in [1.165, 1.54) is 18.2 Å². The Labute approximate surface area is 182 Å². The van der Waals surface area contributed by atoms with Crippen LogP contribution in [0.1, 0.15) is 37.0 Å². The largest absolute Gasteiger partial charge is 0.435 e. The van der Waals surface area contributed by atoms with E-state index in [-0.39, 0.29) is 33.1 Å². The zero-order valence-corrected chi connectivity index (χ0v) is 17.9. The van der Waals surface area contributed by atoms with Gasteiger partial charge in [-0.1, -0.05) is 54.3 Å². The molecule has 1 atom stereocenters. The van der Waals surface area contributed by atoms with Gasteiger partial charge in [0.05, 0.1) is 5.71 Å². The van der Waals surface area contributed by atoms with E-state index in [1.54, 1.807) is 39.0 Å². The molecule has 1 aliphatic heterocycles. The lowest BCUT2D eigenvalue weighted by Gasteiger charge is -2.29. The standard InChI is InChI=1S/C21H19Cl2F3N2O2/c1-11(2)19(29)27-17-6-13(5-4-12(17)3)18-10-20(30-28-18,21(24,25)26)14-7-15(22)9-16(23)8-14/h4-9,11H,10H2,1-3H3,(H,27,29). The van der Waals surface area contributed by atoms with E-state index >= 15 is 0 Å². The highest BCUT2D eigenvalue weighted by molar-refractivity contribution is 6.34. The van der Waals surface area contributed by atoms with Crippen LogP contribution in [0.2, 0.25) is 10.0 Å². The third-order valence-electron chi connectivity index (χ3n) is 4.87. The van der Waals surface area contributed by atoms with Crippen LogP contribution in [0.4, 0.5) is 18.9 Å². The fourth-order valence-corrected chi connectivity index (χ4v) is 3.58. The van der Waals surface area contributed by atoms with Crippen molar-refractivity contribution >= 4 is 40.5 Å². The number of carbonyl (C=O) groups is 1. The van der Waals surface area contributed by atoms with Gasteiger partial charge in [-0.05, 0) is 36.8 Å². The van der Waals surface area contributed by atoms with Crippen molar-refractivity contribution in [2.45, 2.75) is 39.0 Å². The van der Waals surface area contributed by atoms with Crippen LogP contribution in [0.3, 0.4) is 0 Å². The van der Waals surface area contributed by atoms with Crippen molar-refractivity contribution in [1.82, 2.24) is 0 Å². The molecule has 0 bridgehead atoms. The second kappa shape index (κ2) is 8.12. The predicted molar refractivity (Wildman–Crippen MR) is 111 cm³/mol. The third-order valence-corrected chi connectivity index (χ3v) is 5.30. The second-order valence-electron chi connectivity index (χ2n) is 7.46. The summed E-state index contributed by atoms with van der Waals surface area (Å²) >= 11 is 11.8. The number of alkyl halides is 3. The first-order valence-corrected chi connectivity index (χ1v) is 9.89. The lowest BCUT2D eigenvalue weighted by molar-refractivity contribution is -0.275. The van der Waals surface area contributed by atoms with Gasteiger partial charge in [0.2, 0.25) is 5.91 Å². The van der Waals surface area contributed by atoms with Crippen molar-refractivity contribution in [3.05, 3.63) is 63.1 Å². The quantitative estimate of drug-likeness (QED) is 0.569. The molecule has 2 aromatic rings. The summed E-state index contributed by atoms with van der Waals surface area (Å²) < 4.78 is 42.4. The van der Waals surface area contributed by atoms with Crippen LogP contribution in [0.15, 0.2) is 41.6 Å². The van der Waals surface area contributed by atoms with Gasteiger partial charge in [-0.3, -0.25) is 4.79 Å². The number of benzene rings is 2. The van der Waals surface area contributed by atoms with Crippen LogP contribution >= 0.6 is 23.2 Å². The van der Waals surface area contributed by atoms with Crippen molar-refractivity contribution in [3.8, 4) is 0 Å². The molecule has 1 heterocycles. The summed E-state index contributed by atoms with van der Waals surface area (Å²) in [6, 6.07) is 8.62. The number of oxime groups is 1. The minimum Gasteiger partial charge on any atom is -0.374 e. The molecule has 1 amide bonds. The molecule has 0 spiro atoms. The molecular formula is C21H19Cl2F3N2O2. The number of halogens is 5. The van der Waals surface area contributed by atoms with Gasteiger partial charge in [0.15, 0.2) is 0 Å². The zero-order valence-electron chi connectivity index (χ0n) is 16.4. The number of anilines is 1. The molecular weight excluding hydrogens is 440 g/mol. The van der Waals surface area contributed by atoms with E-state index in [9.17, 15) is 18.0 Å². The van der Waals surface area contributed by atoms with Crippen LogP contribution < -0.4 is 5.32 Å². The van der Waals surface area contributed by atoms with E-state index in [0.29, 0.717) is 11.3 Å². The Morgan fingerprint density at radius 3 is 2.37 bits per heavy atom. The van der Waals surface area contributed by atoms with Crippen LogP contribution in [0, 0.1) is 12.8 Å². The van der Waals surface area contributed by atoms with Crippen molar-refractivity contribution in [2.75, 3.05) is 5.32 Å². The summed E-state index contributed by atoms with van der Waals surface area (Å²) in [5, 5.41) is 6.65. The molecule has 1 aliphatic rings. The predicted octanol–water partition coefficient (Wildman–Crippen LogP) is 6.48. The van der Waals surface area contributed by atoms with Crippen molar-refractivity contribution in [2.24, 2.45) is 11.1 Å². The summed E-state index contributed by atoms with van der Waals surface area (Å²) in [5.74, 6) is -0.441. The lowest BCUT2D eigenvalue weighted by atomic mass is 9.86. The number of nitrogens with zero attached hydrogens (tertiary/aromatic N) is 1. The number of carbonyl (C=O) groups excluding carboxylic acids is 1. The Morgan fingerprint density at radius 2 is 1.80 bits per heavy atom. The molecule has 160 valence electrons. The Kier molecular flexibility index (Phi) is 6.07. The molecule has 30 heavy (non-hydrogen) atoms. The van der Waals surface area contributed by atoms with Gasteiger partial charge in [0.25, 0.3) is 5.60 Å². The van der Waals surface area contributed by atoms with Gasteiger partial charge in [-0.15, -0.1) is 0 Å². The summed E-state index contributed by atoms with van der Waals surface area (Å²) in [4.78, 5) is 17.1. The maximum atomic E-state index is 14.1. The number of amides is 1. The highest BCUT2D eigenvalue weighted by Gasteiger charge is 2.62. The number of aryl methyl sites for hydroxylation is 1. The van der Waals surface area contributed by atoms with Gasteiger partial charge in [-0.25, -0.2) is 0 Å². The molecule has 0 saturated heterocycles. The smallest absolute Gasteiger partial charge is 0.374 e. The number of hydrogen-bond acceptors (Lipinski definition) is 3. The molecule has 1 unspecified atom stereocenters. The number of hydrogen-bond donors (Lipinski definition) is 1. The Balaban J connectivity index is 1.98. The minimum absolute atomic E-state index is 0.0622. The third kappa shape index (κ3) is 4.27. The van der Waals surface area contributed by atoms with E-state index in [1.807, 2.05) is 0 Å². The highest BCUT2D eigenvalue weighted by Crippen LogP contribution is 2.49. The fraction of sp³-hybridized carbons (Fsp3) is 0.333. The molecule has 0 saturated carbocycles. The maximum Gasteiger partial charge on any atom is 0.435 e. The van der Waals surface area contributed by atoms with Crippen LogP contribution in [-0.4, -0.2) is 17.8 Å². The van der Waals surface area contributed by atoms with Crippen molar-refractivity contribution in [1.29, 1.82) is 0 Å². The van der Waals surface area contributed by atoms with E-state index in [4.69, 9.17) is 28.0 Å². The normalized spacial score (nSPS) is 18.9. The van der Waals surface area contributed by atoms with Crippen molar-refractivity contribution < 1.29 is 22.8 Å². The lowest BCUT2D eigenvalue weighted by Crippen LogP contribution is -2.42. The zero-order chi connectivity index (χ0) is 22.3. The fourth-order valence-electron chi connectivity index (χ4n) is 3.06. The average Bonchev–Trinajstić information content (AvgIpc) is 3.09. The van der Waals surface area contributed by atoms with E-state index in [2.05, 4.69) is 10.5 Å². The van der Waals surface area contributed by atoms with Gasteiger partial charge in [0.1, 0.15) is 0 Å². The second-order valence-corrected chi connectivity index (χ2v) is 8.34. The Hall–Kier alpha value is -2.25. The molecule has 9 heteroatoms. The molecule has 0 radical (unpaired) electrons. The maximum absolute atomic E-state index is 14.1. The molecule has 0 aliphatic carbocycles. The molecule has 4 nitrogen and oxygen atoms in total. The molecule has 0 fully saturated rings.